The molecule has 0 saturated heterocycles. The van der Waals surface area contributed by atoms with Gasteiger partial charge in [-0.25, -0.2) is 9.50 Å². The number of hydrogen-bond acceptors (Lipinski definition) is 6. The first kappa shape index (κ1) is 18.0. The van der Waals surface area contributed by atoms with Crippen molar-refractivity contribution >= 4 is 11.6 Å². The van der Waals surface area contributed by atoms with Gasteiger partial charge in [0.1, 0.15) is 5.56 Å². The summed E-state index contributed by atoms with van der Waals surface area (Å²) in [5, 5.41) is 8.43. The van der Waals surface area contributed by atoms with Crippen molar-refractivity contribution in [3.8, 4) is 0 Å². The normalized spacial score (nSPS) is 11.5. The highest BCUT2D eigenvalue weighted by atomic mass is 16.5. The van der Waals surface area contributed by atoms with Crippen LogP contribution in [0.25, 0.3) is 5.65 Å². The summed E-state index contributed by atoms with van der Waals surface area (Å²) in [6.45, 7) is 10.2. The van der Waals surface area contributed by atoms with E-state index >= 15 is 0 Å². The van der Waals surface area contributed by atoms with Crippen LogP contribution in [0.15, 0.2) is 10.6 Å². The van der Waals surface area contributed by atoms with E-state index in [1.165, 1.54) is 0 Å². The van der Waals surface area contributed by atoms with E-state index in [-0.39, 0.29) is 11.8 Å². The van der Waals surface area contributed by atoms with Crippen molar-refractivity contribution in [3.63, 3.8) is 0 Å². The Kier molecular flexibility index (Phi) is 4.76. The summed E-state index contributed by atoms with van der Waals surface area (Å²) in [6, 6.07) is 1.94. The third-order valence-electron chi connectivity index (χ3n) is 4.28. The zero-order valence-electron chi connectivity index (χ0n) is 16.1. The predicted molar refractivity (Wildman–Crippen MR) is 96.2 cm³/mol. The highest BCUT2D eigenvalue weighted by Crippen LogP contribution is 2.18. The fourth-order valence-electron chi connectivity index (χ4n) is 2.84. The Morgan fingerprint density at radius 3 is 2.65 bits per heavy atom. The van der Waals surface area contributed by atoms with Gasteiger partial charge in [-0.15, -0.1) is 0 Å². The van der Waals surface area contributed by atoms with Crippen LogP contribution < -0.4 is 0 Å². The van der Waals surface area contributed by atoms with Gasteiger partial charge in [-0.05, 0) is 26.8 Å². The molecule has 138 valence electrons. The molecule has 26 heavy (non-hydrogen) atoms. The van der Waals surface area contributed by atoms with E-state index in [2.05, 4.69) is 20.2 Å². The Hall–Kier alpha value is -2.77. The van der Waals surface area contributed by atoms with Crippen LogP contribution in [0, 0.1) is 20.8 Å². The zero-order valence-corrected chi connectivity index (χ0v) is 16.1. The zero-order chi connectivity index (χ0) is 19.0. The lowest BCUT2D eigenvalue weighted by atomic mass is 10.2. The summed E-state index contributed by atoms with van der Waals surface area (Å²) in [4.78, 5) is 23.5. The van der Waals surface area contributed by atoms with E-state index in [1.54, 1.807) is 16.5 Å². The Morgan fingerprint density at radius 1 is 1.27 bits per heavy atom. The molecule has 3 heterocycles. The van der Waals surface area contributed by atoms with Crippen molar-refractivity contribution < 1.29 is 9.32 Å². The molecule has 0 fully saturated rings. The molecule has 3 rings (SSSR count). The van der Waals surface area contributed by atoms with Gasteiger partial charge in [0.15, 0.2) is 11.5 Å². The van der Waals surface area contributed by atoms with Crippen LogP contribution in [-0.4, -0.2) is 49.1 Å². The lowest BCUT2D eigenvalue weighted by Crippen LogP contribution is -2.29. The van der Waals surface area contributed by atoms with Gasteiger partial charge in [0.2, 0.25) is 5.89 Å². The van der Waals surface area contributed by atoms with E-state index in [1.807, 2.05) is 40.7 Å². The molecule has 0 radical (unpaired) electrons. The molecule has 8 nitrogen and oxygen atoms in total. The minimum atomic E-state index is -0.109. The van der Waals surface area contributed by atoms with Crippen molar-refractivity contribution in [1.82, 2.24) is 29.6 Å². The maximum atomic E-state index is 13.0. The Bertz CT molecular complexity index is 956. The molecular weight excluding hydrogens is 332 g/mol. The summed E-state index contributed by atoms with van der Waals surface area (Å²) in [5.41, 5.74) is 3.61. The van der Waals surface area contributed by atoms with Crippen LogP contribution in [-0.2, 0) is 6.42 Å². The van der Waals surface area contributed by atoms with Gasteiger partial charge in [0, 0.05) is 37.3 Å². The van der Waals surface area contributed by atoms with Crippen molar-refractivity contribution in [2.75, 3.05) is 13.6 Å². The monoisotopic (exact) mass is 356 g/mol. The van der Waals surface area contributed by atoms with E-state index in [0.29, 0.717) is 41.6 Å². The van der Waals surface area contributed by atoms with E-state index in [9.17, 15) is 4.79 Å². The van der Waals surface area contributed by atoms with E-state index < -0.39 is 0 Å². The molecule has 3 aromatic heterocycles. The van der Waals surface area contributed by atoms with Gasteiger partial charge in [-0.3, -0.25) is 4.79 Å². The Morgan fingerprint density at radius 2 is 2.00 bits per heavy atom. The number of fused-ring (bicyclic) bond motifs is 1. The SMILES string of the molecule is Cc1cc(C)n2nc(C)c(C(=O)N(C)CCc3noc(C(C)C)n3)c2n1. The maximum absolute atomic E-state index is 13.0. The van der Waals surface area contributed by atoms with Gasteiger partial charge in [-0.1, -0.05) is 19.0 Å². The second-order valence-corrected chi connectivity index (χ2v) is 6.91. The number of amides is 1. The first-order valence-electron chi connectivity index (χ1n) is 8.69. The minimum absolute atomic E-state index is 0.109. The number of carbonyl (C=O) groups is 1. The first-order valence-corrected chi connectivity index (χ1v) is 8.69. The molecule has 0 aliphatic carbocycles. The largest absolute Gasteiger partial charge is 0.341 e. The number of hydrogen-bond donors (Lipinski definition) is 0. The van der Waals surface area contributed by atoms with Crippen molar-refractivity contribution in [1.29, 1.82) is 0 Å². The Labute approximate surface area is 152 Å². The summed E-state index contributed by atoms with van der Waals surface area (Å²) in [7, 11) is 1.76. The average Bonchev–Trinajstić information content (AvgIpc) is 3.16. The molecule has 8 heteroatoms. The molecule has 0 aromatic carbocycles. The van der Waals surface area contributed by atoms with E-state index in [4.69, 9.17) is 4.52 Å². The van der Waals surface area contributed by atoms with Crippen LogP contribution >= 0.6 is 0 Å². The van der Waals surface area contributed by atoms with Gasteiger partial charge >= 0.3 is 0 Å². The molecule has 0 aliphatic rings. The third kappa shape index (κ3) is 3.31. The summed E-state index contributed by atoms with van der Waals surface area (Å²) < 4.78 is 6.93. The molecular formula is C18H24N6O2. The smallest absolute Gasteiger partial charge is 0.259 e. The predicted octanol–water partition coefficient (Wildman–Crippen LogP) is 2.48. The van der Waals surface area contributed by atoms with Gasteiger partial charge in [0.25, 0.3) is 5.91 Å². The third-order valence-corrected chi connectivity index (χ3v) is 4.28. The second-order valence-electron chi connectivity index (χ2n) is 6.91. The maximum Gasteiger partial charge on any atom is 0.259 e. The number of nitrogens with zero attached hydrogens (tertiary/aromatic N) is 6. The summed E-state index contributed by atoms with van der Waals surface area (Å²) >= 11 is 0. The van der Waals surface area contributed by atoms with Crippen LogP contribution in [0.3, 0.4) is 0 Å². The molecule has 0 spiro atoms. The highest BCUT2D eigenvalue weighted by Gasteiger charge is 2.23. The summed E-state index contributed by atoms with van der Waals surface area (Å²) in [5.74, 6) is 1.30. The number of aromatic nitrogens is 5. The number of aryl methyl sites for hydroxylation is 3. The standard InChI is InChI=1S/C18H24N6O2/c1-10(2)17-20-14(22-26-17)7-8-23(6)18(25)15-13(5)21-24-12(4)9-11(3)19-16(15)24/h9-10H,7-8H2,1-6H3. The molecule has 0 bridgehead atoms. The van der Waals surface area contributed by atoms with Crippen molar-refractivity contribution in [2.24, 2.45) is 0 Å². The van der Waals surface area contributed by atoms with Gasteiger partial charge < -0.3 is 9.42 Å². The van der Waals surface area contributed by atoms with Crippen LogP contribution in [0.1, 0.15) is 58.9 Å². The lowest BCUT2D eigenvalue weighted by Gasteiger charge is -2.15. The molecule has 1 amide bonds. The topological polar surface area (TPSA) is 89.4 Å². The molecule has 0 N–H and O–H groups in total. The van der Waals surface area contributed by atoms with Crippen LogP contribution in [0.2, 0.25) is 0 Å². The van der Waals surface area contributed by atoms with Crippen LogP contribution in [0.5, 0.6) is 0 Å². The molecule has 0 unspecified atom stereocenters. The number of rotatable bonds is 5. The minimum Gasteiger partial charge on any atom is -0.341 e. The molecule has 3 aromatic rings. The van der Waals surface area contributed by atoms with Crippen molar-refractivity contribution in [3.05, 3.63) is 40.4 Å². The lowest BCUT2D eigenvalue weighted by molar-refractivity contribution is 0.0796. The van der Waals surface area contributed by atoms with E-state index in [0.717, 1.165) is 11.4 Å². The molecule has 0 saturated carbocycles. The Balaban J connectivity index is 1.80. The second kappa shape index (κ2) is 6.86. The summed E-state index contributed by atoms with van der Waals surface area (Å²) in [6.07, 6.45) is 0.530. The van der Waals surface area contributed by atoms with Gasteiger partial charge in [0.05, 0.1) is 5.69 Å². The average molecular weight is 356 g/mol. The number of likely N-dealkylation sites (N-methyl/N-ethyl adjacent to an activating group) is 1. The number of carbonyl (C=O) groups excluding carboxylic acids is 1. The fourth-order valence-corrected chi connectivity index (χ4v) is 2.84. The fraction of sp³-hybridized carbons (Fsp3) is 0.500. The van der Waals surface area contributed by atoms with Crippen molar-refractivity contribution in [2.45, 2.75) is 47.0 Å². The first-order chi connectivity index (χ1) is 12.3. The van der Waals surface area contributed by atoms with Gasteiger partial charge in [-0.2, -0.15) is 10.1 Å². The highest BCUT2D eigenvalue weighted by molar-refractivity contribution is 6.00. The molecule has 0 aliphatic heterocycles. The van der Waals surface area contributed by atoms with Crippen LogP contribution in [0.4, 0.5) is 0 Å². The molecule has 0 atom stereocenters. The quantitative estimate of drug-likeness (QED) is 0.698.